The fourth-order valence-corrected chi connectivity index (χ4v) is 8.38. The lowest BCUT2D eigenvalue weighted by Crippen LogP contribution is -2.42. The van der Waals surface area contributed by atoms with Crippen LogP contribution in [-0.4, -0.2) is 51.7 Å². The highest BCUT2D eigenvalue weighted by atomic mass is 32.2. The van der Waals surface area contributed by atoms with Gasteiger partial charge in [-0.1, -0.05) is 61.0 Å². The molecule has 0 aliphatic carbocycles. The molecule has 0 spiro atoms. The fourth-order valence-electron chi connectivity index (χ4n) is 7.06. The van der Waals surface area contributed by atoms with Crippen molar-refractivity contribution in [3.8, 4) is 11.1 Å². The minimum Gasteiger partial charge on any atom is -0.480 e. The number of imidazole rings is 1. The summed E-state index contributed by atoms with van der Waals surface area (Å²) in [4.78, 5) is 55.9. The number of aromatic nitrogens is 5. The third-order valence-electron chi connectivity index (χ3n) is 9.74. The maximum Gasteiger partial charge on any atom is 0.416 e. The van der Waals surface area contributed by atoms with E-state index in [-0.39, 0.29) is 23.6 Å². The van der Waals surface area contributed by atoms with Crippen molar-refractivity contribution in [3.05, 3.63) is 127 Å². The monoisotopic (exact) mass is 744 g/mol. The summed E-state index contributed by atoms with van der Waals surface area (Å²) in [6, 6.07) is 18.5. The predicted molar refractivity (Wildman–Crippen MR) is 196 cm³/mol. The molecule has 0 radical (unpaired) electrons. The van der Waals surface area contributed by atoms with Gasteiger partial charge in [-0.15, -0.1) is 0 Å². The van der Waals surface area contributed by atoms with Crippen LogP contribution in [0.4, 0.5) is 13.2 Å². The van der Waals surface area contributed by atoms with E-state index >= 15 is 0 Å². The SMILES string of the molecule is Cn1c(=O)c2c(ncn2CCCCCN2CC(C(=O)O)n3c(c(-c4cccc(C(F)(F)F)c4)c(Cc4cccc5ccccc45)cc3=O)S2)n(C)c1=O. The van der Waals surface area contributed by atoms with Gasteiger partial charge >= 0.3 is 17.8 Å². The van der Waals surface area contributed by atoms with Crippen LogP contribution in [0.3, 0.4) is 0 Å². The zero-order valence-corrected chi connectivity index (χ0v) is 29.7. The number of halogens is 3. The highest BCUT2D eigenvalue weighted by molar-refractivity contribution is 7.97. The highest BCUT2D eigenvalue weighted by Gasteiger charge is 2.36. The minimum absolute atomic E-state index is 0.00777. The first-order valence-electron chi connectivity index (χ1n) is 17.0. The number of carboxylic acid groups (broad SMARTS) is 1. The van der Waals surface area contributed by atoms with Gasteiger partial charge in [0.05, 0.1) is 11.9 Å². The Bertz CT molecular complexity index is 2570. The van der Waals surface area contributed by atoms with Gasteiger partial charge < -0.3 is 9.67 Å². The van der Waals surface area contributed by atoms with E-state index in [2.05, 4.69) is 4.98 Å². The van der Waals surface area contributed by atoms with E-state index in [9.17, 15) is 37.5 Å². The molecule has 0 amide bonds. The van der Waals surface area contributed by atoms with Crippen molar-refractivity contribution in [2.24, 2.45) is 14.1 Å². The second-order valence-corrected chi connectivity index (χ2v) is 14.2. The summed E-state index contributed by atoms with van der Waals surface area (Å²) in [5.74, 6) is -1.22. The lowest BCUT2D eigenvalue weighted by molar-refractivity contribution is -0.141. The normalized spacial score (nSPS) is 14.9. The molecule has 3 aromatic carbocycles. The number of benzene rings is 3. The molecule has 1 aliphatic heterocycles. The quantitative estimate of drug-likeness (QED) is 0.137. The predicted octanol–water partition coefficient (Wildman–Crippen LogP) is 5.84. The lowest BCUT2D eigenvalue weighted by Gasteiger charge is -2.35. The summed E-state index contributed by atoms with van der Waals surface area (Å²) < 4.78 is 49.1. The third kappa shape index (κ3) is 6.81. The second-order valence-electron chi connectivity index (χ2n) is 13.2. The first-order chi connectivity index (χ1) is 25.3. The molecule has 7 rings (SSSR count). The van der Waals surface area contributed by atoms with Gasteiger partial charge in [0.2, 0.25) is 0 Å². The highest BCUT2D eigenvalue weighted by Crippen LogP contribution is 2.42. The van der Waals surface area contributed by atoms with Gasteiger partial charge in [0, 0.05) is 45.4 Å². The summed E-state index contributed by atoms with van der Waals surface area (Å²) in [5.41, 5.74) is 0.312. The van der Waals surface area contributed by atoms with Crippen molar-refractivity contribution in [1.82, 2.24) is 27.6 Å². The topological polar surface area (TPSA) is 124 Å². The molecule has 0 saturated carbocycles. The van der Waals surface area contributed by atoms with Crippen molar-refractivity contribution < 1.29 is 23.1 Å². The minimum atomic E-state index is -4.62. The second kappa shape index (κ2) is 14.2. The van der Waals surface area contributed by atoms with Crippen molar-refractivity contribution in [1.29, 1.82) is 0 Å². The summed E-state index contributed by atoms with van der Waals surface area (Å²) >= 11 is 1.18. The van der Waals surface area contributed by atoms with E-state index in [1.54, 1.807) is 17.7 Å². The molecule has 0 bridgehead atoms. The third-order valence-corrected chi connectivity index (χ3v) is 10.9. The molecular weight excluding hydrogens is 710 g/mol. The van der Waals surface area contributed by atoms with E-state index in [0.29, 0.717) is 54.6 Å². The van der Waals surface area contributed by atoms with Crippen LogP contribution in [0, 0.1) is 0 Å². The molecule has 274 valence electrons. The molecule has 3 aromatic heterocycles. The van der Waals surface area contributed by atoms with E-state index in [0.717, 1.165) is 33.0 Å². The van der Waals surface area contributed by atoms with Crippen LogP contribution in [0.5, 0.6) is 0 Å². The van der Waals surface area contributed by atoms with Crippen molar-refractivity contribution in [2.75, 3.05) is 13.1 Å². The number of pyridine rings is 1. The number of nitrogens with zero attached hydrogens (tertiary/aromatic N) is 6. The number of unbranched alkanes of at least 4 members (excludes halogenated alkanes) is 2. The van der Waals surface area contributed by atoms with Gasteiger partial charge in [0.25, 0.3) is 11.1 Å². The first-order valence-corrected chi connectivity index (χ1v) is 17.8. The fraction of sp³-hybridized carbons (Fsp3) is 0.289. The van der Waals surface area contributed by atoms with E-state index in [4.69, 9.17) is 0 Å². The Morgan fingerprint density at radius 3 is 2.42 bits per heavy atom. The van der Waals surface area contributed by atoms with Gasteiger partial charge in [-0.05, 0) is 70.8 Å². The van der Waals surface area contributed by atoms with Crippen LogP contribution in [0.15, 0.2) is 98.5 Å². The molecule has 53 heavy (non-hydrogen) atoms. The van der Waals surface area contributed by atoms with E-state index in [1.807, 2.05) is 46.8 Å². The number of alkyl halides is 3. The van der Waals surface area contributed by atoms with Crippen LogP contribution < -0.4 is 16.8 Å². The number of hydrogen-bond acceptors (Lipinski definition) is 7. The van der Waals surface area contributed by atoms with Gasteiger partial charge in [0.1, 0.15) is 11.1 Å². The lowest BCUT2D eigenvalue weighted by atomic mass is 9.93. The number of carbonyl (C=O) groups is 1. The molecule has 1 atom stereocenters. The summed E-state index contributed by atoms with van der Waals surface area (Å²) in [6.45, 7) is 0.900. The van der Waals surface area contributed by atoms with Gasteiger partial charge in [-0.3, -0.25) is 23.3 Å². The molecule has 4 heterocycles. The number of carboxylic acids is 1. The average Bonchev–Trinajstić information content (AvgIpc) is 3.56. The summed E-state index contributed by atoms with van der Waals surface area (Å²) in [7, 11) is 2.97. The Morgan fingerprint density at radius 1 is 0.906 bits per heavy atom. The first kappa shape index (κ1) is 36.0. The van der Waals surface area contributed by atoms with Crippen molar-refractivity contribution in [3.63, 3.8) is 0 Å². The summed E-state index contributed by atoms with van der Waals surface area (Å²) in [6.07, 6.45) is -0.889. The molecule has 1 N–H and O–H groups in total. The van der Waals surface area contributed by atoms with Crippen LogP contribution in [0.1, 0.15) is 42.0 Å². The van der Waals surface area contributed by atoms with Crippen molar-refractivity contribution >= 4 is 39.9 Å². The molecule has 0 fully saturated rings. The smallest absolute Gasteiger partial charge is 0.416 e. The Morgan fingerprint density at radius 2 is 1.64 bits per heavy atom. The zero-order valence-electron chi connectivity index (χ0n) is 28.8. The molecule has 6 aromatic rings. The van der Waals surface area contributed by atoms with Crippen LogP contribution in [0.2, 0.25) is 0 Å². The number of hydrogen-bond donors (Lipinski definition) is 1. The Balaban J connectivity index is 1.21. The van der Waals surface area contributed by atoms with Gasteiger partial charge in [0.15, 0.2) is 11.2 Å². The van der Waals surface area contributed by atoms with E-state index < -0.39 is 40.6 Å². The van der Waals surface area contributed by atoms with Crippen LogP contribution in [0.25, 0.3) is 33.1 Å². The van der Waals surface area contributed by atoms with Crippen molar-refractivity contribution in [2.45, 2.75) is 49.5 Å². The Labute approximate surface area is 304 Å². The molecule has 1 aliphatic rings. The summed E-state index contributed by atoms with van der Waals surface area (Å²) in [5, 5.41) is 12.5. The number of rotatable bonds is 10. The van der Waals surface area contributed by atoms with Gasteiger partial charge in [-0.25, -0.2) is 18.9 Å². The maximum absolute atomic E-state index is 14.0. The zero-order chi connectivity index (χ0) is 37.6. The Hall–Kier alpha value is -5.41. The number of fused-ring (bicyclic) bond motifs is 3. The molecule has 15 heteroatoms. The standard InChI is InChI=1S/C38H35F3N6O5S/c1-43-33-32(34(49)44(2)37(43)52)45(22-42-33)16-6-3-7-17-46-21-29(36(50)51)47-30(48)20-26(18-24-12-8-11-23-10-4-5-15-28(23)24)31(35(47)53-46)25-13-9-14-27(19-25)38(39,40)41/h4-5,8-15,19-20,22,29H,3,6-7,16-18,21H2,1-2H3,(H,50,51). The maximum atomic E-state index is 14.0. The van der Waals surface area contributed by atoms with Crippen LogP contribution in [-0.2, 0) is 38.0 Å². The largest absolute Gasteiger partial charge is 0.480 e. The average molecular weight is 745 g/mol. The van der Waals surface area contributed by atoms with E-state index in [1.165, 1.54) is 46.6 Å². The molecule has 11 nitrogen and oxygen atoms in total. The number of aliphatic carboxylic acids is 1. The van der Waals surface area contributed by atoms with Crippen LogP contribution >= 0.6 is 11.9 Å². The Kier molecular flexibility index (Phi) is 9.63. The van der Waals surface area contributed by atoms with Gasteiger partial charge in [-0.2, -0.15) is 13.2 Å². The molecular formula is C38H35F3N6O5S. The molecule has 0 saturated heterocycles. The number of aryl methyl sites for hydroxylation is 2. The molecule has 1 unspecified atom stereocenters.